The number of aliphatic hydroxyl groups is 1. The summed E-state index contributed by atoms with van der Waals surface area (Å²) in [6, 6.07) is 9.46. The Hall–Kier alpha value is -0.705. The first-order valence-electron chi connectivity index (χ1n) is 5.44. The number of methoxy groups -OCH3 is 1. The molecule has 0 saturated heterocycles. The molecule has 18 heavy (non-hydrogen) atoms. The van der Waals surface area contributed by atoms with Gasteiger partial charge in [-0.1, -0.05) is 36.4 Å². The van der Waals surface area contributed by atoms with Crippen LogP contribution in [0.2, 0.25) is 0 Å². The minimum absolute atomic E-state index is 0.0797. The molecule has 6 heteroatoms. The Labute approximate surface area is 109 Å². The number of ether oxygens (including phenoxy) is 1. The summed E-state index contributed by atoms with van der Waals surface area (Å²) in [4.78, 5) is 17.9. The van der Waals surface area contributed by atoms with Crippen LogP contribution in [0.3, 0.4) is 0 Å². The quantitative estimate of drug-likeness (QED) is 0.528. The molecular weight excluding hydrogens is 250 g/mol. The molecule has 0 saturated carbocycles. The van der Waals surface area contributed by atoms with E-state index < -0.39 is 20.6 Å². The molecule has 0 amide bonds. The molecule has 0 spiro atoms. The summed E-state index contributed by atoms with van der Waals surface area (Å²) in [6.07, 6.45) is 0.262. The van der Waals surface area contributed by atoms with Gasteiger partial charge in [-0.15, -0.1) is 0 Å². The van der Waals surface area contributed by atoms with Crippen LogP contribution in [0.15, 0.2) is 41.6 Å². The summed E-state index contributed by atoms with van der Waals surface area (Å²) in [5, 5.41) is 9.93. The van der Waals surface area contributed by atoms with Crippen LogP contribution in [0.25, 0.3) is 0 Å². The van der Waals surface area contributed by atoms with Gasteiger partial charge in [0.05, 0.1) is 6.10 Å². The molecule has 1 rings (SSSR count). The van der Waals surface area contributed by atoms with Crippen molar-refractivity contribution in [3.05, 3.63) is 47.2 Å². The fraction of sp³-hybridized carbons (Fsp3) is 0.333. The molecule has 96 valence electrons. The Morgan fingerprint density at radius 1 is 1.39 bits per heavy atom. The summed E-state index contributed by atoms with van der Waals surface area (Å²) in [5.41, 5.74) is 0.967. The summed E-state index contributed by atoms with van der Waals surface area (Å²) in [7, 11) is 4.52. The molecule has 1 aromatic carbocycles. The van der Waals surface area contributed by atoms with Crippen molar-refractivity contribution in [2.24, 2.45) is 0 Å². The minimum atomic E-state index is -2.34. The van der Waals surface area contributed by atoms with Gasteiger partial charge in [0.2, 0.25) is 0 Å². The Morgan fingerprint density at radius 2 is 2.00 bits per heavy atom. The Bertz CT molecular complexity index is 383. The fourth-order valence-corrected chi connectivity index (χ4v) is 1.82. The first kappa shape index (κ1) is 15.4. The maximum atomic E-state index is 10.0. The van der Waals surface area contributed by atoms with Crippen LogP contribution >= 0.6 is 8.38 Å². The molecule has 0 bridgehead atoms. The van der Waals surface area contributed by atoms with Crippen LogP contribution in [-0.4, -0.2) is 42.1 Å². The monoisotopic (exact) mass is 266 g/mol. The molecule has 0 aliphatic carbocycles. The molecule has 3 N–H and O–H groups in total. The zero-order valence-corrected chi connectivity index (χ0v) is 11.0. The Kier molecular flexibility index (Phi) is 6.54. The zero-order chi connectivity index (χ0) is 13.5. The van der Waals surface area contributed by atoms with Gasteiger partial charge in [0.15, 0.2) is 8.38 Å². The van der Waals surface area contributed by atoms with Crippen molar-refractivity contribution >= 4 is 16.2 Å². The number of benzene rings is 1. The lowest BCUT2D eigenvalue weighted by Gasteiger charge is -2.20. The predicted octanol–water partition coefficient (Wildman–Crippen LogP) is 0.911. The maximum absolute atomic E-state index is 10.0. The van der Waals surface area contributed by atoms with Crippen LogP contribution in [0.5, 0.6) is 0 Å². The molecule has 2 atom stereocenters. The van der Waals surface area contributed by atoms with Gasteiger partial charge in [-0.05, 0) is 10.8 Å². The first-order chi connectivity index (χ1) is 8.54. The van der Waals surface area contributed by atoms with E-state index in [0.29, 0.717) is 6.42 Å². The van der Waals surface area contributed by atoms with E-state index in [1.54, 1.807) is 0 Å². The van der Waals surface area contributed by atoms with Crippen molar-refractivity contribution in [3.8, 4) is 0 Å². The van der Waals surface area contributed by atoms with Gasteiger partial charge in [-0.3, -0.25) is 0 Å². The predicted molar refractivity (Wildman–Crippen MR) is 72.1 cm³/mol. The molecule has 1 aromatic rings. The summed E-state index contributed by atoms with van der Waals surface area (Å²) < 4.78 is 5.09. The first-order valence-corrected chi connectivity index (χ1v) is 6.69. The molecule has 0 aliphatic rings. The van der Waals surface area contributed by atoms with E-state index in [1.807, 2.05) is 30.3 Å². The van der Waals surface area contributed by atoms with E-state index in [1.165, 1.54) is 13.2 Å². The van der Waals surface area contributed by atoms with Gasteiger partial charge in [-0.25, -0.2) is 0 Å². The van der Waals surface area contributed by atoms with Crippen LogP contribution in [-0.2, 0) is 11.2 Å². The van der Waals surface area contributed by atoms with Crippen molar-refractivity contribution in [1.82, 2.24) is 0 Å². The van der Waals surface area contributed by atoms with Gasteiger partial charge in [0.1, 0.15) is 14.0 Å². The standard InChI is InChI=1S/C12H16BO4P/c1-17-11(8-12(13)18(15)16)10(14)7-9-5-3-2-4-6-9/h2-6,8,10-11,14-16H,7H2,1H3/b12-8+/t10-,11?/m0/s1. The normalized spacial score (nSPS) is 15.7. The van der Waals surface area contributed by atoms with Crippen LogP contribution in [0.1, 0.15) is 5.56 Å². The lowest BCUT2D eigenvalue weighted by molar-refractivity contribution is 0.0175. The smallest absolute Gasteiger partial charge is 0.183 e. The van der Waals surface area contributed by atoms with E-state index in [-0.39, 0.29) is 5.21 Å². The van der Waals surface area contributed by atoms with Crippen LogP contribution < -0.4 is 0 Å². The SMILES string of the molecule is [B]/C(=C\C(OC)[C@@H](O)Cc1ccccc1)P(O)O. The van der Waals surface area contributed by atoms with E-state index in [2.05, 4.69) is 0 Å². The second-order valence-corrected chi connectivity index (χ2v) is 4.93. The zero-order valence-electron chi connectivity index (χ0n) is 10.1. The van der Waals surface area contributed by atoms with E-state index in [4.69, 9.17) is 22.4 Å². The highest BCUT2D eigenvalue weighted by atomic mass is 31.2. The lowest BCUT2D eigenvalue weighted by atomic mass is 10.0. The molecule has 4 nitrogen and oxygen atoms in total. The van der Waals surface area contributed by atoms with Gasteiger partial charge in [-0.2, -0.15) is 0 Å². The molecule has 0 heterocycles. The summed E-state index contributed by atoms with van der Waals surface area (Å²) >= 11 is 0. The average molecular weight is 266 g/mol. The molecule has 0 aliphatic heterocycles. The highest BCUT2D eigenvalue weighted by molar-refractivity contribution is 7.52. The summed E-state index contributed by atoms with van der Waals surface area (Å²) in [6.45, 7) is 0. The largest absolute Gasteiger partial charge is 0.390 e. The second-order valence-electron chi connectivity index (χ2n) is 3.84. The Morgan fingerprint density at radius 3 is 2.50 bits per heavy atom. The van der Waals surface area contributed by atoms with E-state index in [0.717, 1.165) is 5.56 Å². The fourth-order valence-electron chi connectivity index (χ4n) is 1.54. The molecule has 2 radical (unpaired) electrons. The van der Waals surface area contributed by atoms with E-state index >= 15 is 0 Å². The average Bonchev–Trinajstić information content (AvgIpc) is 2.36. The van der Waals surface area contributed by atoms with E-state index in [9.17, 15) is 5.11 Å². The summed E-state index contributed by atoms with van der Waals surface area (Å²) in [5.74, 6) is 0. The maximum Gasteiger partial charge on any atom is 0.183 e. The van der Waals surface area contributed by atoms with Gasteiger partial charge < -0.3 is 19.6 Å². The van der Waals surface area contributed by atoms with Crippen molar-refractivity contribution in [1.29, 1.82) is 0 Å². The molecule has 1 unspecified atom stereocenters. The van der Waals surface area contributed by atoms with Gasteiger partial charge in [0.25, 0.3) is 0 Å². The molecular formula is C12H16BO4P. The Balaban J connectivity index is 2.68. The van der Waals surface area contributed by atoms with Crippen molar-refractivity contribution in [3.63, 3.8) is 0 Å². The number of hydrogen-bond donors (Lipinski definition) is 3. The minimum Gasteiger partial charge on any atom is -0.390 e. The number of aliphatic hydroxyl groups excluding tert-OH is 1. The van der Waals surface area contributed by atoms with Crippen LogP contribution in [0.4, 0.5) is 0 Å². The third kappa shape index (κ3) is 4.88. The number of hydrogen-bond acceptors (Lipinski definition) is 4. The topological polar surface area (TPSA) is 69.9 Å². The molecule has 0 aromatic heterocycles. The van der Waals surface area contributed by atoms with Crippen molar-refractivity contribution in [2.45, 2.75) is 18.6 Å². The second kappa shape index (κ2) is 7.67. The van der Waals surface area contributed by atoms with Gasteiger partial charge in [0, 0.05) is 13.5 Å². The van der Waals surface area contributed by atoms with Crippen molar-refractivity contribution < 1.29 is 19.6 Å². The van der Waals surface area contributed by atoms with Crippen LogP contribution in [0, 0.1) is 0 Å². The van der Waals surface area contributed by atoms with Crippen molar-refractivity contribution in [2.75, 3.05) is 7.11 Å². The lowest BCUT2D eigenvalue weighted by Crippen LogP contribution is -2.28. The highest BCUT2D eigenvalue weighted by Crippen LogP contribution is 2.32. The molecule has 0 fully saturated rings. The third-order valence-corrected chi connectivity index (χ3v) is 3.12. The van der Waals surface area contributed by atoms with Gasteiger partial charge >= 0.3 is 0 Å². The number of rotatable bonds is 6. The third-order valence-electron chi connectivity index (χ3n) is 2.51. The highest BCUT2D eigenvalue weighted by Gasteiger charge is 2.18.